The monoisotopic (exact) mass is 203 g/mol. The minimum atomic E-state index is 0.875. The molecule has 0 unspecified atom stereocenters. The summed E-state index contributed by atoms with van der Waals surface area (Å²) in [6, 6.07) is 8.40. The summed E-state index contributed by atoms with van der Waals surface area (Å²) in [5.74, 6) is 0.913. The highest BCUT2D eigenvalue weighted by Crippen LogP contribution is 2.26. The minimum absolute atomic E-state index is 0.875. The van der Waals surface area contributed by atoms with Crippen molar-refractivity contribution in [3.05, 3.63) is 29.8 Å². The van der Waals surface area contributed by atoms with E-state index in [-0.39, 0.29) is 0 Å². The molecule has 0 bridgehead atoms. The topological polar surface area (TPSA) is 26.0 Å². The van der Waals surface area contributed by atoms with Gasteiger partial charge in [0.1, 0.15) is 0 Å². The van der Waals surface area contributed by atoms with Crippen LogP contribution in [0.1, 0.15) is 44.1 Å². The van der Waals surface area contributed by atoms with Gasteiger partial charge in [-0.3, -0.25) is 0 Å². The van der Waals surface area contributed by atoms with E-state index in [1.807, 2.05) is 12.1 Å². The smallest absolute Gasteiger partial charge is 0.0314 e. The fraction of sp³-hybridized carbons (Fsp3) is 0.571. The van der Waals surface area contributed by atoms with E-state index < -0.39 is 0 Å². The summed E-state index contributed by atoms with van der Waals surface area (Å²) < 4.78 is 0. The highest BCUT2D eigenvalue weighted by Gasteiger charge is 2.12. The molecule has 0 amide bonds. The number of nitrogens with two attached hydrogens (primary N) is 1. The van der Waals surface area contributed by atoms with Gasteiger partial charge in [-0.05, 0) is 30.0 Å². The fourth-order valence-corrected chi connectivity index (χ4v) is 2.56. The van der Waals surface area contributed by atoms with Gasteiger partial charge in [-0.2, -0.15) is 0 Å². The number of rotatable bonds is 2. The molecule has 1 aromatic rings. The fourth-order valence-electron chi connectivity index (χ4n) is 2.56. The van der Waals surface area contributed by atoms with E-state index >= 15 is 0 Å². The van der Waals surface area contributed by atoms with Crippen LogP contribution in [0.3, 0.4) is 0 Å². The number of benzene rings is 1. The van der Waals surface area contributed by atoms with Crippen LogP contribution in [0.4, 0.5) is 5.69 Å². The standard InChI is InChI=1S/C14H21N/c15-14-9-7-13(8-10-14)11-12-5-3-1-2-4-6-12/h7-10,12H,1-6,11,15H2. The molecule has 0 aliphatic heterocycles. The van der Waals surface area contributed by atoms with Crippen LogP contribution in [0.5, 0.6) is 0 Å². The third-order valence-corrected chi connectivity index (χ3v) is 3.48. The van der Waals surface area contributed by atoms with E-state index in [0.717, 1.165) is 11.6 Å². The van der Waals surface area contributed by atoms with Crippen molar-refractivity contribution >= 4 is 5.69 Å². The van der Waals surface area contributed by atoms with Crippen LogP contribution in [0.15, 0.2) is 24.3 Å². The maximum Gasteiger partial charge on any atom is 0.0314 e. The lowest BCUT2D eigenvalue weighted by atomic mass is 9.92. The van der Waals surface area contributed by atoms with E-state index in [1.165, 1.54) is 50.5 Å². The number of nitrogen functional groups attached to an aromatic ring is 1. The van der Waals surface area contributed by atoms with Gasteiger partial charge in [-0.15, -0.1) is 0 Å². The Morgan fingerprint density at radius 2 is 1.53 bits per heavy atom. The normalized spacial score (nSPS) is 18.7. The highest BCUT2D eigenvalue weighted by molar-refractivity contribution is 5.39. The summed E-state index contributed by atoms with van der Waals surface area (Å²) in [5.41, 5.74) is 8.01. The van der Waals surface area contributed by atoms with Crippen molar-refractivity contribution in [2.75, 3.05) is 5.73 Å². The Bertz CT molecular complexity index is 281. The van der Waals surface area contributed by atoms with E-state index in [9.17, 15) is 0 Å². The first kappa shape index (κ1) is 10.5. The molecule has 1 heteroatoms. The van der Waals surface area contributed by atoms with Gasteiger partial charge in [0.15, 0.2) is 0 Å². The molecule has 0 radical (unpaired) electrons. The lowest BCUT2D eigenvalue weighted by molar-refractivity contribution is 0.458. The van der Waals surface area contributed by atoms with Gasteiger partial charge in [-0.25, -0.2) is 0 Å². The second-order valence-electron chi connectivity index (χ2n) is 4.80. The summed E-state index contributed by atoms with van der Waals surface area (Å²) in [6.45, 7) is 0. The lowest BCUT2D eigenvalue weighted by Gasteiger charge is -2.13. The Morgan fingerprint density at radius 3 is 2.13 bits per heavy atom. The summed E-state index contributed by atoms with van der Waals surface area (Å²) in [6.07, 6.45) is 9.84. The van der Waals surface area contributed by atoms with Gasteiger partial charge in [0.05, 0.1) is 0 Å². The van der Waals surface area contributed by atoms with E-state index in [0.29, 0.717) is 0 Å². The molecule has 1 fully saturated rings. The molecule has 1 aliphatic carbocycles. The number of hydrogen-bond acceptors (Lipinski definition) is 1. The molecule has 15 heavy (non-hydrogen) atoms. The highest BCUT2D eigenvalue weighted by atomic mass is 14.5. The molecule has 2 rings (SSSR count). The molecule has 1 aliphatic rings. The molecule has 2 N–H and O–H groups in total. The van der Waals surface area contributed by atoms with Gasteiger partial charge in [0, 0.05) is 5.69 Å². The van der Waals surface area contributed by atoms with Crippen LogP contribution in [-0.4, -0.2) is 0 Å². The molecule has 1 saturated carbocycles. The van der Waals surface area contributed by atoms with Crippen LogP contribution < -0.4 is 5.73 Å². The average Bonchev–Trinajstić information content (AvgIpc) is 2.50. The average molecular weight is 203 g/mol. The van der Waals surface area contributed by atoms with Crippen LogP contribution in [0.2, 0.25) is 0 Å². The van der Waals surface area contributed by atoms with Crippen LogP contribution >= 0.6 is 0 Å². The summed E-state index contributed by atoms with van der Waals surface area (Å²) in [4.78, 5) is 0. The quantitative estimate of drug-likeness (QED) is 0.574. The van der Waals surface area contributed by atoms with Gasteiger partial charge in [0.2, 0.25) is 0 Å². The third-order valence-electron chi connectivity index (χ3n) is 3.48. The second-order valence-corrected chi connectivity index (χ2v) is 4.80. The maximum atomic E-state index is 5.68. The molecule has 82 valence electrons. The Hall–Kier alpha value is -0.980. The second kappa shape index (κ2) is 5.20. The van der Waals surface area contributed by atoms with Crippen molar-refractivity contribution in [3.63, 3.8) is 0 Å². The van der Waals surface area contributed by atoms with Crippen LogP contribution in [0, 0.1) is 5.92 Å². The van der Waals surface area contributed by atoms with Crippen molar-refractivity contribution in [1.29, 1.82) is 0 Å². The maximum absolute atomic E-state index is 5.68. The van der Waals surface area contributed by atoms with Crippen molar-refractivity contribution in [3.8, 4) is 0 Å². The molecule has 0 atom stereocenters. The molecule has 1 aromatic carbocycles. The van der Waals surface area contributed by atoms with Crippen molar-refractivity contribution in [1.82, 2.24) is 0 Å². The van der Waals surface area contributed by atoms with E-state index in [1.54, 1.807) is 0 Å². The molecule has 0 saturated heterocycles. The first-order chi connectivity index (χ1) is 7.34. The lowest BCUT2D eigenvalue weighted by Crippen LogP contribution is -2.03. The molecular formula is C14H21N. The Balaban J connectivity index is 1.92. The van der Waals surface area contributed by atoms with Crippen LogP contribution in [0.25, 0.3) is 0 Å². The molecule has 0 spiro atoms. The van der Waals surface area contributed by atoms with Crippen molar-refractivity contribution < 1.29 is 0 Å². The third kappa shape index (κ3) is 3.26. The van der Waals surface area contributed by atoms with Gasteiger partial charge >= 0.3 is 0 Å². The van der Waals surface area contributed by atoms with Crippen molar-refractivity contribution in [2.24, 2.45) is 5.92 Å². The molecule has 0 heterocycles. The predicted molar refractivity (Wildman–Crippen MR) is 65.8 cm³/mol. The summed E-state index contributed by atoms with van der Waals surface area (Å²) >= 11 is 0. The zero-order valence-electron chi connectivity index (χ0n) is 9.41. The zero-order valence-corrected chi connectivity index (χ0v) is 9.41. The van der Waals surface area contributed by atoms with Gasteiger partial charge in [-0.1, -0.05) is 50.7 Å². The molecule has 1 nitrogen and oxygen atoms in total. The number of anilines is 1. The van der Waals surface area contributed by atoms with E-state index in [2.05, 4.69) is 12.1 Å². The number of hydrogen-bond donors (Lipinski definition) is 1. The Morgan fingerprint density at radius 1 is 0.933 bits per heavy atom. The van der Waals surface area contributed by atoms with Crippen LogP contribution in [-0.2, 0) is 6.42 Å². The predicted octanol–water partition coefficient (Wildman–Crippen LogP) is 3.78. The summed E-state index contributed by atoms with van der Waals surface area (Å²) in [7, 11) is 0. The minimum Gasteiger partial charge on any atom is -0.399 e. The van der Waals surface area contributed by atoms with Gasteiger partial charge < -0.3 is 5.73 Å². The zero-order chi connectivity index (χ0) is 10.5. The Labute approximate surface area is 92.7 Å². The van der Waals surface area contributed by atoms with Gasteiger partial charge in [0.25, 0.3) is 0 Å². The SMILES string of the molecule is Nc1ccc(CC2CCCCCC2)cc1. The first-order valence-corrected chi connectivity index (χ1v) is 6.19. The first-order valence-electron chi connectivity index (χ1n) is 6.19. The largest absolute Gasteiger partial charge is 0.399 e. The molecule has 0 aromatic heterocycles. The van der Waals surface area contributed by atoms with E-state index in [4.69, 9.17) is 5.73 Å². The summed E-state index contributed by atoms with van der Waals surface area (Å²) in [5, 5.41) is 0. The molecular weight excluding hydrogens is 182 g/mol. The van der Waals surface area contributed by atoms with Crippen molar-refractivity contribution in [2.45, 2.75) is 44.9 Å². The Kier molecular flexibility index (Phi) is 3.65.